The van der Waals surface area contributed by atoms with E-state index < -0.39 is 5.97 Å². The number of carboxylic acids is 1. The fraction of sp³-hybridized carbons (Fsp3) is 0.400. The van der Waals surface area contributed by atoms with Crippen molar-refractivity contribution in [2.75, 3.05) is 12.0 Å². The van der Waals surface area contributed by atoms with Crippen molar-refractivity contribution in [3.05, 3.63) is 65.0 Å². The van der Waals surface area contributed by atoms with Gasteiger partial charge in [0.2, 0.25) is 5.91 Å². The molecule has 0 bridgehead atoms. The second-order valence-corrected chi connectivity index (χ2v) is 11.4. The third kappa shape index (κ3) is 4.80. The summed E-state index contributed by atoms with van der Waals surface area (Å²) in [6, 6.07) is 15.4. The van der Waals surface area contributed by atoms with E-state index in [0.29, 0.717) is 10.8 Å². The Labute approximate surface area is 231 Å². The molecule has 2 heterocycles. The van der Waals surface area contributed by atoms with E-state index >= 15 is 0 Å². The summed E-state index contributed by atoms with van der Waals surface area (Å²) in [6.45, 7) is 0. The van der Waals surface area contributed by atoms with Crippen LogP contribution in [0.15, 0.2) is 53.9 Å². The van der Waals surface area contributed by atoms with E-state index in [-0.39, 0.29) is 48.7 Å². The van der Waals surface area contributed by atoms with E-state index in [9.17, 15) is 19.5 Å². The van der Waals surface area contributed by atoms with Crippen LogP contribution in [0.3, 0.4) is 0 Å². The minimum absolute atomic E-state index is 0.00126. The Hall–Kier alpha value is -3.72. The second-order valence-electron chi connectivity index (χ2n) is 10.6. The highest BCUT2D eigenvalue weighted by Crippen LogP contribution is 2.53. The quantitative estimate of drug-likeness (QED) is 0.399. The lowest BCUT2D eigenvalue weighted by atomic mass is 9.81. The summed E-state index contributed by atoms with van der Waals surface area (Å²) in [6.07, 6.45) is 4.46. The third-order valence-electron chi connectivity index (χ3n) is 8.15. The number of hydrogen-bond acceptors (Lipinski definition) is 6. The third-order valence-corrected chi connectivity index (χ3v) is 8.95. The van der Waals surface area contributed by atoms with Crippen LogP contribution >= 0.6 is 11.3 Å². The molecule has 2 amide bonds. The Balaban J connectivity index is 1.37. The predicted molar refractivity (Wildman–Crippen MR) is 148 cm³/mol. The van der Waals surface area contributed by atoms with E-state index in [4.69, 9.17) is 4.74 Å². The molecule has 1 aliphatic heterocycles. The molecule has 2 fully saturated rings. The topological polar surface area (TPSA) is 100 Å². The number of rotatable bonds is 8. The molecule has 2 aliphatic carbocycles. The summed E-state index contributed by atoms with van der Waals surface area (Å²) >= 11 is 1.41. The molecule has 0 saturated heterocycles. The first kappa shape index (κ1) is 25.6. The summed E-state index contributed by atoms with van der Waals surface area (Å²) in [4.78, 5) is 47.3. The van der Waals surface area contributed by atoms with Crippen LogP contribution < -0.4 is 9.64 Å². The molecule has 0 unspecified atom stereocenters. The molecular formula is C30H31N3O5S. The van der Waals surface area contributed by atoms with Gasteiger partial charge in [0, 0.05) is 46.6 Å². The van der Waals surface area contributed by atoms with Crippen molar-refractivity contribution in [3.8, 4) is 16.5 Å². The van der Waals surface area contributed by atoms with Crippen LogP contribution in [0.4, 0.5) is 5.69 Å². The SMILES string of the molecule is COc1nc(-c2cccc(C(=O)N3c4ccccc4[C@H](N(C(=O)CCC(=O)O)C4CC4)[C@H]4CCC[C@H]43)c2)cs1. The summed E-state index contributed by atoms with van der Waals surface area (Å²) in [7, 11) is 1.59. The van der Waals surface area contributed by atoms with Gasteiger partial charge < -0.3 is 19.6 Å². The maximum atomic E-state index is 14.2. The summed E-state index contributed by atoms with van der Waals surface area (Å²) in [5.41, 5.74) is 4.03. The highest BCUT2D eigenvalue weighted by atomic mass is 32.1. The van der Waals surface area contributed by atoms with Gasteiger partial charge in [0.1, 0.15) is 0 Å². The maximum absolute atomic E-state index is 14.2. The van der Waals surface area contributed by atoms with E-state index in [1.54, 1.807) is 7.11 Å². The number of thiazole rings is 1. The summed E-state index contributed by atoms with van der Waals surface area (Å²) in [5, 5.41) is 11.7. The van der Waals surface area contributed by atoms with Crippen LogP contribution in [0.1, 0.15) is 66.9 Å². The first-order chi connectivity index (χ1) is 19.0. The molecule has 0 radical (unpaired) electrons. The van der Waals surface area contributed by atoms with Crippen molar-refractivity contribution < 1.29 is 24.2 Å². The Bertz CT molecular complexity index is 1420. The number of aromatic nitrogens is 1. The van der Waals surface area contributed by atoms with Gasteiger partial charge in [-0.1, -0.05) is 48.1 Å². The van der Waals surface area contributed by atoms with Crippen LogP contribution in [0.25, 0.3) is 11.3 Å². The monoisotopic (exact) mass is 545 g/mol. The fourth-order valence-electron chi connectivity index (χ4n) is 6.36. The van der Waals surface area contributed by atoms with Gasteiger partial charge in [0.05, 0.1) is 25.3 Å². The molecule has 9 heteroatoms. The highest BCUT2D eigenvalue weighted by molar-refractivity contribution is 7.11. The van der Waals surface area contributed by atoms with Gasteiger partial charge >= 0.3 is 5.97 Å². The van der Waals surface area contributed by atoms with Gasteiger partial charge in [0.15, 0.2) is 0 Å². The average Bonchev–Trinajstić information content (AvgIpc) is 3.45. The van der Waals surface area contributed by atoms with Crippen LogP contribution in [0.2, 0.25) is 0 Å². The van der Waals surface area contributed by atoms with Gasteiger partial charge in [-0.25, -0.2) is 4.98 Å². The van der Waals surface area contributed by atoms with Crippen molar-refractivity contribution in [1.82, 2.24) is 9.88 Å². The Kier molecular flexibility index (Phi) is 6.85. The molecule has 3 aliphatic rings. The number of ether oxygens (including phenoxy) is 1. The molecule has 6 rings (SSSR count). The summed E-state index contributed by atoms with van der Waals surface area (Å²) in [5.74, 6) is -1.02. The van der Waals surface area contributed by atoms with Crippen LogP contribution in [0, 0.1) is 5.92 Å². The van der Waals surface area contributed by atoms with Gasteiger partial charge in [-0.3, -0.25) is 14.4 Å². The number of fused-ring (bicyclic) bond motifs is 2. The molecule has 1 aromatic heterocycles. The lowest BCUT2D eigenvalue weighted by molar-refractivity contribution is -0.142. The molecule has 1 N–H and O–H groups in total. The molecular weight excluding hydrogens is 514 g/mol. The van der Waals surface area contributed by atoms with Gasteiger partial charge in [-0.05, 0) is 49.4 Å². The lowest BCUT2D eigenvalue weighted by Gasteiger charge is -2.48. The zero-order valence-electron chi connectivity index (χ0n) is 21.8. The summed E-state index contributed by atoms with van der Waals surface area (Å²) < 4.78 is 5.25. The number of anilines is 1. The minimum Gasteiger partial charge on any atom is -0.481 e. The molecule has 0 spiro atoms. The number of benzene rings is 2. The molecule has 8 nitrogen and oxygen atoms in total. The smallest absolute Gasteiger partial charge is 0.303 e. The van der Waals surface area contributed by atoms with Crippen molar-refractivity contribution in [1.29, 1.82) is 0 Å². The molecule has 3 aromatic rings. The van der Waals surface area contributed by atoms with Gasteiger partial charge in [-0.2, -0.15) is 0 Å². The standard InChI is InChI=1S/C30H31N3O5S/c1-38-30-31-23(17-39-30)18-6-4-7-19(16-18)29(37)33-24-10-3-2-8-21(24)28(22-9-5-11-25(22)33)32(20-12-13-20)26(34)14-15-27(35)36/h2-4,6-8,10,16-17,20,22,25,28H,5,9,11-15H2,1H3,(H,35,36)/t22-,25+,28-/m0/s1. The normalized spacial score (nSPS) is 21.7. The molecule has 2 saturated carbocycles. The number of methoxy groups -OCH3 is 1. The Morgan fingerprint density at radius 3 is 2.64 bits per heavy atom. The highest BCUT2D eigenvalue weighted by Gasteiger charge is 2.51. The largest absolute Gasteiger partial charge is 0.481 e. The zero-order valence-corrected chi connectivity index (χ0v) is 22.6. The Morgan fingerprint density at radius 2 is 1.90 bits per heavy atom. The molecule has 202 valence electrons. The first-order valence-electron chi connectivity index (χ1n) is 13.5. The number of nitrogens with zero attached hydrogens (tertiary/aromatic N) is 3. The Morgan fingerprint density at radius 1 is 1.08 bits per heavy atom. The maximum Gasteiger partial charge on any atom is 0.303 e. The van der Waals surface area contributed by atoms with E-state index in [2.05, 4.69) is 4.98 Å². The van der Waals surface area contributed by atoms with Crippen LogP contribution in [-0.4, -0.2) is 52.0 Å². The number of aliphatic carboxylic acids is 1. The average molecular weight is 546 g/mol. The molecule has 39 heavy (non-hydrogen) atoms. The van der Waals surface area contributed by atoms with Gasteiger partial charge in [-0.15, -0.1) is 0 Å². The number of para-hydroxylation sites is 1. The zero-order chi connectivity index (χ0) is 27.1. The number of carbonyl (C=O) groups excluding carboxylic acids is 2. The number of amides is 2. The van der Waals surface area contributed by atoms with Gasteiger partial charge in [0.25, 0.3) is 11.1 Å². The number of carboxylic acid groups (broad SMARTS) is 1. The number of hydrogen-bond donors (Lipinski definition) is 1. The number of carbonyl (C=O) groups is 3. The van der Waals surface area contributed by atoms with Crippen molar-refractivity contribution in [2.24, 2.45) is 5.92 Å². The van der Waals surface area contributed by atoms with Crippen molar-refractivity contribution in [3.63, 3.8) is 0 Å². The molecule has 3 atom stereocenters. The van der Waals surface area contributed by atoms with Crippen LogP contribution in [-0.2, 0) is 9.59 Å². The van der Waals surface area contributed by atoms with E-state index in [1.165, 1.54) is 11.3 Å². The predicted octanol–water partition coefficient (Wildman–Crippen LogP) is 5.54. The fourth-order valence-corrected chi connectivity index (χ4v) is 7.00. The lowest BCUT2D eigenvalue weighted by Crippen LogP contribution is -2.52. The van der Waals surface area contributed by atoms with Crippen molar-refractivity contribution >= 4 is 34.8 Å². The minimum atomic E-state index is -0.961. The second kappa shape index (κ2) is 10.4. The van der Waals surface area contributed by atoms with E-state index in [1.807, 2.05) is 63.7 Å². The van der Waals surface area contributed by atoms with Crippen LogP contribution in [0.5, 0.6) is 5.19 Å². The molecule has 2 aromatic carbocycles. The van der Waals surface area contributed by atoms with Crippen molar-refractivity contribution in [2.45, 2.75) is 63.1 Å². The first-order valence-corrected chi connectivity index (χ1v) is 14.4. The van der Waals surface area contributed by atoms with E-state index in [0.717, 1.165) is 54.6 Å².